The summed E-state index contributed by atoms with van der Waals surface area (Å²) in [6, 6.07) is 3.92. The van der Waals surface area contributed by atoms with Crippen LogP contribution in [0.1, 0.15) is 81.9 Å². The molecule has 1 aromatic heterocycles. The maximum absolute atomic E-state index is 14.1. The molecule has 0 aliphatic carbocycles. The standard InChI is InChI=1S/C38H49N7O9/c1-6-25-36(51)44-19-11-14-27(44)37(52)43(5)22(3)35(50)45-20-21(2)16-17-26(45)32(47)42-30(24-12-8-7-9-13-24)38(53)54-23(4)29(33(48)40-25)41-34(49)31-28(46)15-10-18-39-31/h7-10,12-13,15,18,21-23,25-27,29-30,46H,6,11,14,16-17,19-20H2,1-5H3,(H,40,48)(H,41,49)(H,42,47)/t21?,22-,23+,25+,26-,27-,29-,30-/m0/s1. The van der Waals surface area contributed by atoms with Crippen molar-refractivity contribution in [2.45, 2.75) is 102 Å². The van der Waals surface area contributed by atoms with Gasteiger partial charge in [0.1, 0.15) is 42.1 Å². The molecule has 3 saturated heterocycles. The molecule has 54 heavy (non-hydrogen) atoms. The summed E-state index contributed by atoms with van der Waals surface area (Å²) in [5, 5.41) is 18.2. The van der Waals surface area contributed by atoms with Crippen molar-refractivity contribution in [3.8, 4) is 5.75 Å². The molecule has 8 atom stereocenters. The number of aromatic nitrogens is 1. The molecule has 1 unspecified atom stereocenters. The molecule has 0 radical (unpaired) electrons. The van der Waals surface area contributed by atoms with Gasteiger partial charge in [-0.15, -0.1) is 0 Å². The van der Waals surface area contributed by atoms with E-state index in [0.29, 0.717) is 31.2 Å². The van der Waals surface area contributed by atoms with E-state index >= 15 is 0 Å². The second kappa shape index (κ2) is 17.1. The van der Waals surface area contributed by atoms with Gasteiger partial charge >= 0.3 is 5.97 Å². The van der Waals surface area contributed by atoms with Crippen LogP contribution in [0.5, 0.6) is 5.75 Å². The Bertz CT molecular complexity index is 1760. The Hall–Kier alpha value is -5.54. The van der Waals surface area contributed by atoms with Gasteiger partial charge in [-0.05, 0) is 69.6 Å². The van der Waals surface area contributed by atoms with Crippen molar-refractivity contribution in [2.24, 2.45) is 5.92 Å². The van der Waals surface area contributed by atoms with Crippen molar-refractivity contribution in [1.82, 2.24) is 35.6 Å². The summed E-state index contributed by atoms with van der Waals surface area (Å²) in [5.74, 6) is -5.26. The topological polar surface area (TPSA) is 208 Å². The third-order valence-electron chi connectivity index (χ3n) is 10.5. The first-order valence-corrected chi connectivity index (χ1v) is 18.4. The number of fused-ring (bicyclic) bond motifs is 2. The summed E-state index contributed by atoms with van der Waals surface area (Å²) in [6.45, 7) is 7.06. The van der Waals surface area contributed by atoms with Crippen LogP contribution in [0.2, 0.25) is 0 Å². The number of carbonyl (C=O) groups is 7. The summed E-state index contributed by atoms with van der Waals surface area (Å²) >= 11 is 0. The number of ether oxygens (including phenoxy) is 1. The first-order chi connectivity index (χ1) is 25.7. The predicted molar refractivity (Wildman–Crippen MR) is 193 cm³/mol. The maximum Gasteiger partial charge on any atom is 0.333 e. The molecule has 16 heteroatoms. The highest BCUT2D eigenvalue weighted by atomic mass is 16.5. The third kappa shape index (κ3) is 8.47. The monoisotopic (exact) mass is 747 g/mol. The van der Waals surface area contributed by atoms with E-state index in [1.165, 1.54) is 47.0 Å². The van der Waals surface area contributed by atoms with Crippen LogP contribution >= 0.6 is 0 Å². The number of hydrogen-bond acceptors (Lipinski definition) is 10. The van der Waals surface area contributed by atoms with E-state index < -0.39 is 95.2 Å². The molecular formula is C38H49N7O9. The minimum absolute atomic E-state index is 0.0580. The molecule has 290 valence electrons. The maximum atomic E-state index is 14.1. The molecular weight excluding hydrogens is 698 g/mol. The average Bonchev–Trinajstić information content (AvgIpc) is 3.66. The molecule has 0 saturated carbocycles. The van der Waals surface area contributed by atoms with Crippen molar-refractivity contribution >= 4 is 41.4 Å². The van der Waals surface area contributed by atoms with Crippen LogP contribution in [0.3, 0.4) is 0 Å². The highest BCUT2D eigenvalue weighted by Crippen LogP contribution is 2.27. The van der Waals surface area contributed by atoms with E-state index in [9.17, 15) is 38.7 Å². The van der Waals surface area contributed by atoms with Crippen LogP contribution in [0.4, 0.5) is 0 Å². The Morgan fingerprint density at radius 1 is 0.889 bits per heavy atom. The second-order valence-electron chi connectivity index (χ2n) is 14.3. The SMILES string of the molecule is CC[C@H]1NC(=O)[C@@H](NC(=O)c2ncccc2O)[C@@H](C)OC(=O)[C@H](c2ccccc2)NC(=O)[C@@H]2CCC(C)CN2C(=O)[C@H](C)N(C)C(=O)[C@@H]2CCCN2C1=O. The fourth-order valence-corrected chi connectivity index (χ4v) is 7.25. The molecule has 3 aliphatic rings. The Morgan fingerprint density at radius 2 is 1.61 bits per heavy atom. The molecule has 1 aromatic carbocycles. The van der Waals surface area contributed by atoms with Gasteiger partial charge in [0.05, 0.1) is 0 Å². The predicted octanol–water partition coefficient (Wildman–Crippen LogP) is 1.05. The van der Waals surface area contributed by atoms with E-state index in [4.69, 9.17) is 4.74 Å². The summed E-state index contributed by atoms with van der Waals surface area (Å²) in [6.07, 6.45) is 1.77. The number of esters is 1. The first kappa shape index (κ1) is 39.7. The zero-order valence-corrected chi connectivity index (χ0v) is 31.2. The number of cyclic esters (lactones) is 1. The largest absolute Gasteiger partial charge is 0.505 e. The number of hydrogen-bond donors (Lipinski definition) is 4. The molecule has 0 spiro atoms. The van der Waals surface area contributed by atoms with Gasteiger partial charge in [0.25, 0.3) is 5.91 Å². The summed E-state index contributed by atoms with van der Waals surface area (Å²) in [7, 11) is 1.49. The van der Waals surface area contributed by atoms with Crippen molar-refractivity contribution in [3.63, 3.8) is 0 Å². The minimum atomic E-state index is -1.62. The molecule has 2 aromatic rings. The molecule has 3 fully saturated rings. The van der Waals surface area contributed by atoms with E-state index in [-0.39, 0.29) is 25.4 Å². The van der Waals surface area contributed by atoms with Crippen LogP contribution < -0.4 is 16.0 Å². The molecule has 16 nitrogen and oxygen atoms in total. The van der Waals surface area contributed by atoms with Crippen molar-refractivity contribution in [3.05, 3.63) is 59.9 Å². The molecule has 3 aliphatic heterocycles. The zero-order chi connectivity index (χ0) is 39.3. The van der Waals surface area contributed by atoms with Gasteiger partial charge < -0.3 is 40.5 Å². The molecule has 5 rings (SSSR count). The zero-order valence-electron chi connectivity index (χ0n) is 31.2. The number of nitrogens with one attached hydrogen (secondary N) is 3. The molecule has 4 N–H and O–H groups in total. The number of pyridine rings is 1. The van der Waals surface area contributed by atoms with E-state index in [2.05, 4.69) is 20.9 Å². The van der Waals surface area contributed by atoms with E-state index in [0.717, 1.165) is 0 Å². The number of amides is 6. The number of nitrogens with zero attached hydrogens (tertiary/aromatic N) is 4. The summed E-state index contributed by atoms with van der Waals surface area (Å²) < 4.78 is 5.83. The Morgan fingerprint density at radius 3 is 2.30 bits per heavy atom. The number of rotatable bonds is 4. The van der Waals surface area contributed by atoms with Gasteiger partial charge in [-0.1, -0.05) is 44.2 Å². The normalized spacial score (nSPS) is 29.2. The fraction of sp³-hybridized carbons (Fsp3) is 0.526. The van der Waals surface area contributed by atoms with Crippen LogP contribution in [0, 0.1) is 5.92 Å². The number of benzene rings is 1. The highest BCUT2D eigenvalue weighted by molar-refractivity contribution is 6.00. The van der Waals surface area contributed by atoms with Gasteiger partial charge in [-0.25, -0.2) is 9.78 Å². The number of piperidine rings is 1. The smallest absolute Gasteiger partial charge is 0.333 e. The molecule has 0 bridgehead atoms. The van der Waals surface area contributed by atoms with Crippen LogP contribution in [-0.2, 0) is 33.5 Å². The number of likely N-dealkylation sites (N-methyl/N-ethyl adjacent to an activating group) is 1. The summed E-state index contributed by atoms with van der Waals surface area (Å²) in [5.41, 5.74) is -0.0371. The first-order valence-electron chi connectivity index (χ1n) is 18.4. The Labute approximate surface area is 314 Å². The van der Waals surface area contributed by atoms with E-state index in [1.807, 2.05) is 6.92 Å². The number of aromatic hydroxyl groups is 1. The Balaban J connectivity index is 1.56. The van der Waals surface area contributed by atoms with Gasteiger partial charge in [0, 0.05) is 26.3 Å². The lowest BCUT2D eigenvalue weighted by atomic mass is 9.92. The quantitative estimate of drug-likeness (QED) is 0.327. The molecule has 4 heterocycles. The summed E-state index contributed by atoms with van der Waals surface area (Å²) in [4.78, 5) is 106. The van der Waals surface area contributed by atoms with Crippen molar-refractivity contribution < 1.29 is 43.4 Å². The lowest BCUT2D eigenvalue weighted by Crippen LogP contribution is -2.60. The fourth-order valence-electron chi connectivity index (χ4n) is 7.25. The third-order valence-corrected chi connectivity index (χ3v) is 10.5. The Kier molecular flexibility index (Phi) is 12.5. The second-order valence-corrected chi connectivity index (χ2v) is 14.3. The van der Waals surface area contributed by atoms with Crippen LogP contribution in [0.25, 0.3) is 0 Å². The highest BCUT2D eigenvalue weighted by Gasteiger charge is 2.44. The lowest BCUT2D eigenvalue weighted by Gasteiger charge is -2.41. The van der Waals surface area contributed by atoms with E-state index in [1.54, 1.807) is 44.2 Å². The van der Waals surface area contributed by atoms with Gasteiger partial charge in [0.2, 0.25) is 29.5 Å². The van der Waals surface area contributed by atoms with Crippen LogP contribution in [0.15, 0.2) is 48.7 Å². The van der Waals surface area contributed by atoms with Crippen LogP contribution in [-0.4, -0.2) is 123 Å². The lowest BCUT2D eigenvalue weighted by molar-refractivity contribution is -0.156. The van der Waals surface area contributed by atoms with Gasteiger partial charge in [-0.2, -0.15) is 0 Å². The minimum Gasteiger partial charge on any atom is -0.505 e. The van der Waals surface area contributed by atoms with Gasteiger partial charge in [-0.3, -0.25) is 28.8 Å². The van der Waals surface area contributed by atoms with Crippen molar-refractivity contribution in [2.75, 3.05) is 20.1 Å². The van der Waals surface area contributed by atoms with Gasteiger partial charge in [0.15, 0.2) is 11.7 Å². The van der Waals surface area contributed by atoms with Crippen molar-refractivity contribution in [1.29, 1.82) is 0 Å². The molecule has 6 amide bonds. The average molecular weight is 748 g/mol. The number of carbonyl (C=O) groups excluding carboxylic acids is 7.